The summed E-state index contributed by atoms with van der Waals surface area (Å²) in [6.07, 6.45) is 1.18. The maximum Gasteiger partial charge on any atom is 0.411 e. The second kappa shape index (κ2) is 5.11. The van der Waals surface area contributed by atoms with E-state index in [0.717, 1.165) is 6.42 Å². The Bertz CT molecular complexity index is 509. The highest BCUT2D eigenvalue weighted by molar-refractivity contribution is 5.82. The topological polar surface area (TPSA) is 116 Å². The molecular weight excluding hydrogens is 276 g/mol. The first kappa shape index (κ1) is 15.4. The van der Waals surface area contributed by atoms with Gasteiger partial charge in [-0.15, -0.1) is 0 Å². The summed E-state index contributed by atoms with van der Waals surface area (Å²) >= 11 is 0. The van der Waals surface area contributed by atoms with Gasteiger partial charge in [-0.1, -0.05) is 5.11 Å². The molecule has 1 aliphatic carbocycles. The molecule has 1 amide bonds. The maximum atomic E-state index is 12.3. The van der Waals surface area contributed by atoms with E-state index in [-0.39, 0.29) is 12.6 Å². The van der Waals surface area contributed by atoms with Gasteiger partial charge in [0.25, 0.3) is 0 Å². The fraction of sp³-hybridized carbons (Fsp3) is 0.846. The van der Waals surface area contributed by atoms with Crippen molar-refractivity contribution in [2.45, 2.75) is 57.7 Å². The third-order valence-corrected chi connectivity index (χ3v) is 4.23. The van der Waals surface area contributed by atoms with E-state index in [2.05, 4.69) is 10.0 Å². The average Bonchev–Trinajstić information content (AvgIpc) is 2.54. The normalized spacial score (nSPS) is 30.9. The lowest BCUT2D eigenvalue weighted by Gasteiger charge is -2.46. The Morgan fingerprint density at radius 3 is 2.62 bits per heavy atom. The molecule has 2 rings (SSSR count). The highest BCUT2D eigenvalue weighted by atomic mass is 16.6. The van der Waals surface area contributed by atoms with Crippen molar-refractivity contribution in [3.8, 4) is 0 Å². The van der Waals surface area contributed by atoms with Crippen LogP contribution >= 0.6 is 0 Å². The molecule has 0 unspecified atom stereocenters. The van der Waals surface area contributed by atoms with E-state index in [1.807, 2.05) is 0 Å². The summed E-state index contributed by atoms with van der Waals surface area (Å²) in [5.74, 6) is -1.05. The van der Waals surface area contributed by atoms with Crippen molar-refractivity contribution < 1.29 is 19.4 Å². The fourth-order valence-electron chi connectivity index (χ4n) is 3.25. The van der Waals surface area contributed by atoms with Gasteiger partial charge >= 0.3 is 12.1 Å². The molecule has 2 aliphatic rings. The lowest BCUT2D eigenvalue weighted by Crippen LogP contribution is -2.54. The number of nitrogens with zero attached hydrogens (tertiary/aromatic N) is 4. The molecule has 0 spiro atoms. The molecule has 0 aromatic rings. The number of carboxylic acids is 1. The van der Waals surface area contributed by atoms with Gasteiger partial charge < -0.3 is 9.84 Å². The number of likely N-dealkylation sites (tertiary alicyclic amines) is 1. The number of hydrogen-bond acceptors (Lipinski definition) is 4. The van der Waals surface area contributed by atoms with E-state index in [4.69, 9.17) is 10.3 Å². The van der Waals surface area contributed by atoms with E-state index >= 15 is 0 Å². The maximum absolute atomic E-state index is 12.3. The molecule has 3 atom stereocenters. The summed E-state index contributed by atoms with van der Waals surface area (Å²) in [6.45, 7) is 5.44. The van der Waals surface area contributed by atoms with Crippen LogP contribution in [0, 0.1) is 5.41 Å². The summed E-state index contributed by atoms with van der Waals surface area (Å²) in [7, 11) is 0. The van der Waals surface area contributed by atoms with Crippen molar-refractivity contribution in [2.75, 3.05) is 6.54 Å². The first-order valence-corrected chi connectivity index (χ1v) is 6.95. The van der Waals surface area contributed by atoms with Crippen LogP contribution in [0.3, 0.4) is 0 Å². The number of fused-ring (bicyclic) bond motifs is 1. The predicted molar refractivity (Wildman–Crippen MR) is 73.6 cm³/mol. The van der Waals surface area contributed by atoms with Crippen LogP contribution in [0.2, 0.25) is 0 Å². The number of hydrogen-bond donors (Lipinski definition) is 1. The number of azide groups is 1. The quantitative estimate of drug-likeness (QED) is 0.489. The SMILES string of the molecule is CC(C)(C)OC(=O)N1[C@H](C(=O)O)C[C@@]2(CN=[N+]=[N-])CC[C@@H]12. The molecule has 8 heteroatoms. The van der Waals surface area contributed by atoms with Crippen LogP contribution in [0.5, 0.6) is 0 Å². The van der Waals surface area contributed by atoms with Gasteiger partial charge in [-0.2, -0.15) is 0 Å². The minimum absolute atomic E-state index is 0.219. The minimum Gasteiger partial charge on any atom is -0.480 e. The van der Waals surface area contributed by atoms with Crippen LogP contribution in [0.1, 0.15) is 40.0 Å². The van der Waals surface area contributed by atoms with E-state index in [9.17, 15) is 14.7 Å². The molecule has 2 fully saturated rings. The van der Waals surface area contributed by atoms with Crippen LogP contribution in [0.15, 0.2) is 5.11 Å². The van der Waals surface area contributed by atoms with Crippen molar-refractivity contribution in [2.24, 2.45) is 10.5 Å². The highest BCUT2D eigenvalue weighted by Crippen LogP contribution is 2.54. The Morgan fingerprint density at radius 1 is 1.52 bits per heavy atom. The molecule has 0 radical (unpaired) electrons. The zero-order valence-corrected chi connectivity index (χ0v) is 12.4. The van der Waals surface area contributed by atoms with Crippen LogP contribution in [-0.2, 0) is 9.53 Å². The van der Waals surface area contributed by atoms with E-state index in [1.165, 1.54) is 4.90 Å². The highest BCUT2D eigenvalue weighted by Gasteiger charge is 2.61. The molecule has 0 bridgehead atoms. The van der Waals surface area contributed by atoms with Crippen LogP contribution in [-0.4, -0.2) is 46.3 Å². The number of amides is 1. The molecule has 21 heavy (non-hydrogen) atoms. The molecular formula is C13H20N4O4. The molecule has 0 aromatic carbocycles. The Morgan fingerprint density at radius 2 is 2.19 bits per heavy atom. The molecule has 1 saturated heterocycles. The molecule has 1 heterocycles. The summed E-state index contributed by atoms with van der Waals surface area (Å²) in [6, 6.07) is -1.14. The molecule has 0 aromatic heterocycles. The number of rotatable bonds is 3. The third-order valence-electron chi connectivity index (χ3n) is 4.23. The number of ether oxygens (including phenoxy) is 1. The van der Waals surface area contributed by atoms with Crippen LogP contribution in [0.4, 0.5) is 4.79 Å². The average molecular weight is 296 g/mol. The van der Waals surface area contributed by atoms with Crippen molar-refractivity contribution in [3.63, 3.8) is 0 Å². The zero-order valence-electron chi connectivity index (χ0n) is 12.4. The Labute approximate surface area is 122 Å². The van der Waals surface area contributed by atoms with Crippen LogP contribution < -0.4 is 0 Å². The lowest BCUT2D eigenvalue weighted by atomic mass is 9.64. The smallest absolute Gasteiger partial charge is 0.411 e. The number of aliphatic carboxylic acids is 1. The Hall–Kier alpha value is -1.95. The van der Waals surface area contributed by atoms with Gasteiger partial charge in [0, 0.05) is 17.5 Å². The monoisotopic (exact) mass is 296 g/mol. The first-order chi connectivity index (χ1) is 9.70. The van der Waals surface area contributed by atoms with E-state index in [1.54, 1.807) is 20.8 Å². The van der Waals surface area contributed by atoms with Gasteiger partial charge in [-0.3, -0.25) is 4.90 Å². The number of carboxylic acid groups (broad SMARTS) is 1. The summed E-state index contributed by atoms with van der Waals surface area (Å²) in [5.41, 5.74) is 7.40. The fourth-order valence-corrected chi connectivity index (χ4v) is 3.25. The van der Waals surface area contributed by atoms with Gasteiger partial charge in [0.1, 0.15) is 11.6 Å². The van der Waals surface area contributed by atoms with E-state index in [0.29, 0.717) is 12.8 Å². The van der Waals surface area contributed by atoms with Crippen molar-refractivity contribution >= 4 is 12.1 Å². The Kier molecular flexibility index (Phi) is 3.76. The van der Waals surface area contributed by atoms with Gasteiger partial charge in [-0.25, -0.2) is 9.59 Å². The largest absolute Gasteiger partial charge is 0.480 e. The predicted octanol–water partition coefficient (Wildman–Crippen LogP) is 2.54. The van der Waals surface area contributed by atoms with Gasteiger partial charge in [0.05, 0.1) is 0 Å². The summed E-state index contributed by atoms with van der Waals surface area (Å²) < 4.78 is 5.32. The minimum atomic E-state index is -1.05. The van der Waals surface area contributed by atoms with Gasteiger partial charge in [-0.05, 0) is 51.0 Å². The molecule has 116 valence electrons. The number of carbonyl (C=O) groups excluding carboxylic acids is 1. The number of carbonyl (C=O) groups is 2. The second-order valence-corrected chi connectivity index (χ2v) is 6.75. The van der Waals surface area contributed by atoms with Crippen molar-refractivity contribution in [1.29, 1.82) is 0 Å². The molecule has 1 saturated carbocycles. The van der Waals surface area contributed by atoms with Gasteiger partial charge in [0.2, 0.25) is 0 Å². The lowest BCUT2D eigenvalue weighted by molar-refractivity contribution is -0.142. The van der Waals surface area contributed by atoms with Gasteiger partial charge in [0.15, 0.2) is 0 Å². The Balaban J connectivity index is 2.24. The standard InChI is InChI=1S/C13H20N4O4/c1-12(2,3)21-11(20)17-8(10(18)19)6-13(7-15-16-14)5-4-9(13)17/h8-9H,4-7H2,1-3H3,(H,18,19)/t8-,9+,13+/m0/s1. The van der Waals surface area contributed by atoms with Crippen molar-refractivity contribution in [1.82, 2.24) is 4.90 Å². The second-order valence-electron chi connectivity index (χ2n) is 6.75. The molecule has 1 aliphatic heterocycles. The summed E-state index contributed by atoms with van der Waals surface area (Å²) in [4.78, 5) is 27.9. The van der Waals surface area contributed by atoms with Crippen molar-refractivity contribution in [3.05, 3.63) is 10.4 Å². The molecule has 8 nitrogen and oxygen atoms in total. The third kappa shape index (κ3) is 2.76. The first-order valence-electron chi connectivity index (χ1n) is 6.95. The molecule has 1 N–H and O–H groups in total. The zero-order chi connectivity index (χ0) is 15.8. The van der Waals surface area contributed by atoms with Crippen LogP contribution in [0.25, 0.3) is 10.4 Å². The van der Waals surface area contributed by atoms with E-state index < -0.39 is 29.1 Å². The summed E-state index contributed by atoms with van der Waals surface area (Å²) in [5, 5.41) is 13.0.